The summed E-state index contributed by atoms with van der Waals surface area (Å²) in [5.74, 6) is 8.16. The lowest BCUT2D eigenvalue weighted by molar-refractivity contribution is 0.415. The van der Waals surface area contributed by atoms with E-state index < -0.39 is 0 Å². The Bertz CT molecular complexity index is 852. The first-order valence-corrected chi connectivity index (χ1v) is 8.25. The lowest BCUT2D eigenvalue weighted by atomic mass is 10.1. The highest BCUT2D eigenvalue weighted by Crippen LogP contribution is 2.26. The number of thioether (sulfide) groups is 1. The first-order valence-electron chi connectivity index (χ1n) is 7.26. The summed E-state index contributed by atoms with van der Waals surface area (Å²) in [7, 11) is 1.64. The number of ether oxygens (including phenoxy) is 1. The van der Waals surface area contributed by atoms with Gasteiger partial charge >= 0.3 is 0 Å². The second kappa shape index (κ2) is 6.79. The molecule has 0 fully saturated rings. The van der Waals surface area contributed by atoms with Crippen molar-refractivity contribution in [3.8, 4) is 28.5 Å². The van der Waals surface area contributed by atoms with Crippen molar-refractivity contribution < 1.29 is 4.74 Å². The molecule has 0 aliphatic rings. The van der Waals surface area contributed by atoms with Gasteiger partial charge in [0.15, 0.2) is 0 Å². The number of H-pyrrole nitrogens is 1. The Hall–Kier alpha value is -2.74. The van der Waals surface area contributed by atoms with Crippen molar-refractivity contribution in [3.05, 3.63) is 42.5 Å². The Morgan fingerprint density at radius 3 is 2.75 bits per heavy atom. The topological polar surface area (TPSA) is 94.6 Å². The molecular weight excluding hydrogens is 324 g/mol. The molecule has 0 spiro atoms. The molecule has 2 aromatic heterocycles. The van der Waals surface area contributed by atoms with Gasteiger partial charge in [0.1, 0.15) is 11.4 Å². The quantitative estimate of drug-likeness (QED) is 0.406. The molecule has 0 unspecified atom stereocenters. The second-order valence-corrected chi connectivity index (χ2v) is 6.26. The first kappa shape index (κ1) is 16.1. The SMILES string of the molecule is C=C(C)CSc1nnc(-c2cc(-c3ccc(OC)cc3)n[nH]2)n1N. The van der Waals surface area contributed by atoms with E-state index in [1.807, 2.05) is 37.3 Å². The molecular formula is C16H18N6OS. The molecule has 1 aromatic carbocycles. The van der Waals surface area contributed by atoms with Crippen LogP contribution < -0.4 is 10.6 Å². The number of aromatic nitrogens is 5. The fourth-order valence-electron chi connectivity index (χ4n) is 2.09. The number of hydrogen-bond donors (Lipinski definition) is 2. The van der Waals surface area contributed by atoms with Gasteiger partial charge in [0.2, 0.25) is 11.0 Å². The smallest absolute Gasteiger partial charge is 0.210 e. The predicted octanol–water partition coefficient (Wildman–Crippen LogP) is 2.73. The van der Waals surface area contributed by atoms with E-state index >= 15 is 0 Å². The van der Waals surface area contributed by atoms with Crippen molar-refractivity contribution in [2.24, 2.45) is 0 Å². The Kier molecular flexibility index (Phi) is 4.57. The van der Waals surface area contributed by atoms with Crippen LogP contribution in [0.1, 0.15) is 6.92 Å². The molecule has 24 heavy (non-hydrogen) atoms. The lowest BCUT2D eigenvalue weighted by Crippen LogP contribution is -2.11. The number of methoxy groups -OCH3 is 1. The van der Waals surface area contributed by atoms with Gasteiger partial charge in [-0.3, -0.25) is 5.10 Å². The van der Waals surface area contributed by atoms with E-state index in [1.54, 1.807) is 7.11 Å². The van der Waals surface area contributed by atoms with Gasteiger partial charge in [0.05, 0.1) is 12.8 Å². The lowest BCUT2D eigenvalue weighted by Gasteiger charge is -2.01. The van der Waals surface area contributed by atoms with Gasteiger partial charge < -0.3 is 10.6 Å². The molecule has 0 bridgehead atoms. The maximum absolute atomic E-state index is 6.08. The van der Waals surface area contributed by atoms with Crippen molar-refractivity contribution in [3.63, 3.8) is 0 Å². The maximum atomic E-state index is 6.08. The summed E-state index contributed by atoms with van der Waals surface area (Å²) in [6, 6.07) is 9.56. The third-order valence-electron chi connectivity index (χ3n) is 3.32. The van der Waals surface area contributed by atoms with Crippen LogP contribution in [0.4, 0.5) is 0 Å². The summed E-state index contributed by atoms with van der Waals surface area (Å²) in [6.07, 6.45) is 0. The second-order valence-electron chi connectivity index (χ2n) is 5.32. The fraction of sp³-hybridized carbons (Fsp3) is 0.188. The predicted molar refractivity (Wildman–Crippen MR) is 95.3 cm³/mol. The zero-order valence-corrected chi connectivity index (χ0v) is 14.3. The third kappa shape index (κ3) is 3.28. The van der Waals surface area contributed by atoms with Crippen molar-refractivity contribution in [2.75, 3.05) is 18.7 Å². The average Bonchev–Trinajstić information content (AvgIpc) is 3.20. The molecule has 0 aliphatic carbocycles. The molecule has 0 atom stereocenters. The molecule has 2 heterocycles. The number of benzene rings is 1. The molecule has 124 valence electrons. The largest absolute Gasteiger partial charge is 0.497 e. The summed E-state index contributed by atoms with van der Waals surface area (Å²) in [4.78, 5) is 0. The van der Waals surface area contributed by atoms with Crippen LogP contribution in [0.15, 0.2) is 47.6 Å². The number of nitrogens with zero attached hydrogens (tertiary/aromatic N) is 4. The number of nitrogen functional groups attached to an aromatic ring is 1. The average molecular weight is 342 g/mol. The van der Waals surface area contributed by atoms with Crippen LogP contribution in [0.25, 0.3) is 22.8 Å². The minimum absolute atomic E-state index is 0.534. The first-order chi connectivity index (χ1) is 11.6. The molecule has 0 saturated heterocycles. The van der Waals surface area contributed by atoms with E-state index in [9.17, 15) is 0 Å². The van der Waals surface area contributed by atoms with Crippen molar-refractivity contribution in [1.82, 2.24) is 25.1 Å². The van der Waals surface area contributed by atoms with Crippen LogP contribution >= 0.6 is 11.8 Å². The minimum Gasteiger partial charge on any atom is -0.497 e. The molecule has 0 radical (unpaired) electrons. The van der Waals surface area contributed by atoms with Crippen LogP contribution in [0.3, 0.4) is 0 Å². The highest BCUT2D eigenvalue weighted by molar-refractivity contribution is 7.99. The molecule has 3 rings (SSSR count). The Morgan fingerprint density at radius 2 is 2.08 bits per heavy atom. The number of nitrogens with one attached hydrogen (secondary N) is 1. The van der Waals surface area contributed by atoms with E-state index in [0.717, 1.165) is 28.3 Å². The fourth-order valence-corrected chi connectivity index (χ4v) is 2.79. The molecule has 0 aliphatic heterocycles. The minimum atomic E-state index is 0.534. The van der Waals surface area contributed by atoms with Crippen LogP contribution in [0.5, 0.6) is 5.75 Å². The maximum Gasteiger partial charge on any atom is 0.210 e. The van der Waals surface area contributed by atoms with Crippen LogP contribution in [0, 0.1) is 0 Å². The summed E-state index contributed by atoms with van der Waals surface area (Å²) in [5, 5.41) is 16.2. The van der Waals surface area contributed by atoms with Crippen molar-refractivity contribution in [1.29, 1.82) is 0 Å². The molecule has 3 aromatic rings. The Labute approximate surface area is 143 Å². The van der Waals surface area contributed by atoms with Gasteiger partial charge in [-0.05, 0) is 37.3 Å². The van der Waals surface area contributed by atoms with Crippen LogP contribution in [0.2, 0.25) is 0 Å². The summed E-state index contributed by atoms with van der Waals surface area (Å²) >= 11 is 1.49. The number of rotatable bonds is 6. The van der Waals surface area contributed by atoms with E-state index in [2.05, 4.69) is 27.0 Å². The number of nitrogens with two attached hydrogens (primary N) is 1. The zero-order valence-electron chi connectivity index (χ0n) is 13.5. The number of hydrogen-bond acceptors (Lipinski definition) is 6. The van der Waals surface area contributed by atoms with E-state index in [4.69, 9.17) is 10.6 Å². The Balaban J connectivity index is 1.83. The molecule has 0 amide bonds. The zero-order chi connectivity index (χ0) is 17.1. The summed E-state index contributed by atoms with van der Waals surface area (Å²) in [5.41, 5.74) is 3.52. The van der Waals surface area contributed by atoms with Crippen LogP contribution in [-0.2, 0) is 0 Å². The van der Waals surface area contributed by atoms with E-state index in [-0.39, 0.29) is 0 Å². The summed E-state index contributed by atoms with van der Waals surface area (Å²) in [6.45, 7) is 5.83. The van der Waals surface area contributed by atoms with Crippen LogP contribution in [-0.4, -0.2) is 37.9 Å². The highest BCUT2D eigenvalue weighted by atomic mass is 32.2. The Morgan fingerprint density at radius 1 is 1.33 bits per heavy atom. The number of aromatic amines is 1. The normalized spacial score (nSPS) is 10.8. The third-order valence-corrected chi connectivity index (χ3v) is 4.49. The van der Waals surface area contributed by atoms with Gasteiger partial charge in [0.25, 0.3) is 0 Å². The monoisotopic (exact) mass is 342 g/mol. The van der Waals surface area contributed by atoms with Crippen molar-refractivity contribution >= 4 is 11.8 Å². The van der Waals surface area contributed by atoms with E-state index in [0.29, 0.717) is 16.7 Å². The van der Waals surface area contributed by atoms with Gasteiger partial charge in [-0.25, -0.2) is 4.68 Å². The van der Waals surface area contributed by atoms with Gasteiger partial charge in [-0.2, -0.15) is 5.10 Å². The molecule has 3 N–H and O–H groups in total. The van der Waals surface area contributed by atoms with E-state index in [1.165, 1.54) is 16.4 Å². The van der Waals surface area contributed by atoms with Gasteiger partial charge in [-0.1, -0.05) is 23.9 Å². The van der Waals surface area contributed by atoms with Gasteiger partial charge in [0, 0.05) is 11.3 Å². The standard InChI is InChI=1S/C16H18N6OS/c1-10(2)9-24-16-21-20-15(22(16)17)14-8-13(18-19-14)11-4-6-12(23-3)7-5-11/h4-8H,1,9,17H2,2-3H3,(H,18,19). The molecule has 7 nitrogen and oxygen atoms in total. The summed E-state index contributed by atoms with van der Waals surface area (Å²) < 4.78 is 6.62. The molecule has 0 saturated carbocycles. The highest BCUT2D eigenvalue weighted by Gasteiger charge is 2.15. The molecule has 8 heteroatoms. The van der Waals surface area contributed by atoms with Gasteiger partial charge in [-0.15, -0.1) is 10.2 Å². The van der Waals surface area contributed by atoms with Crippen molar-refractivity contribution in [2.45, 2.75) is 12.1 Å².